The number of benzene rings is 1. The first-order valence-corrected chi connectivity index (χ1v) is 3.75. The van der Waals surface area contributed by atoms with Crippen molar-refractivity contribution in [3.05, 3.63) is 47.0 Å². The van der Waals surface area contributed by atoms with E-state index in [9.17, 15) is 4.91 Å². The molecule has 0 saturated heterocycles. The zero-order valence-corrected chi connectivity index (χ0v) is 6.43. The summed E-state index contributed by atoms with van der Waals surface area (Å²) in [7, 11) is 0. The average Bonchev–Trinajstić information content (AvgIpc) is 2.25. The molecule has 12 heavy (non-hydrogen) atoms. The normalized spacial score (nSPS) is 14.8. The quantitative estimate of drug-likeness (QED) is 0.582. The molecule has 0 aromatic heterocycles. The lowest BCUT2D eigenvalue weighted by Crippen LogP contribution is -2.03. The van der Waals surface area contributed by atoms with E-state index in [1.54, 1.807) is 12.1 Å². The number of para-hydroxylation sites is 1. The van der Waals surface area contributed by atoms with Crippen LogP contribution >= 0.6 is 0 Å². The zero-order chi connectivity index (χ0) is 8.39. The van der Waals surface area contributed by atoms with Gasteiger partial charge < -0.3 is 0 Å². The number of hydrogen-bond donors (Lipinski definition) is 0. The van der Waals surface area contributed by atoms with E-state index < -0.39 is 0 Å². The van der Waals surface area contributed by atoms with E-state index in [4.69, 9.17) is 4.84 Å². The van der Waals surface area contributed by atoms with Crippen molar-refractivity contribution in [3.63, 3.8) is 0 Å². The lowest BCUT2D eigenvalue weighted by Gasteiger charge is -1.96. The molecule has 0 bridgehead atoms. The van der Waals surface area contributed by atoms with Crippen LogP contribution in [0, 0.1) is 4.91 Å². The highest BCUT2D eigenvalue weighted by molar-refractivity contribution is 5.34. The standard InChI is InChI=1S/C9H8NO2/c11-10-7-3-5-8-4-1-2-6-9(8)12-10/h1-4,6-7H,5H2/q+1. The van der Waals surface area contributed by atoms with Crippen LogP contribution in [0.15, 0.2) is 36.5 Å². The molecule has 0 saturated carbocycles. The van der Waals surface area contributed by atoms with Crippen molar-refractivity contribution in [2.24, 2.45) is 0 Å². The van der Waals surface area contributed by atoms with E-state index in [1.807, 2.05) is 18.2 Å². The Morgan fingerprint density at radius 2 is 2.17 bits per heavy atom. The van der Waals surface area contributed by atoms with E-state index in [1.165, 1.54) is 6.20 Å². The summed E-state index contributed by atoms with van der Waals surface area (Å²) in [6.45, 7) is 0. The van der Waals surface area contributed by atoms with E-state index in [-0.39, 0.29) is 0 Å². The summed E-state index contributed by atoms with van der Waals surface area (Å²) < 4.78 is 0. The van der Waals surface area contributed by atoms with Crippen LogP contribution in [0.3, 0.4) is 0 Å². The molecule has 0 unspecified atom stereocenters. The first kappa shape index (κ1) is 7.03. The van der Waals surface area contributed by atoms with Crippen LogP contribution < -0.4 is 4.84 Å². The predicted molar refractivity (Wildman–Crippen MR) is 43.5 cm³/mol. The lowest BCUT2D eigenvalue weighted by atomic mass is 10.1. The predicted octanol–water partition coefficient (Wildman–Crippen LogP) is 1.83. The van der Waals surface area contributed by atoms with Crippen LogP contribution in [0.25, 0.3) is 0 Å². The van der Waals surface area contributed by atoms with Gasteiger partial charge in [-0.05, 0) is 12.1 Å². The Morgan fingerprint density at radius 3 is 3.08 bits per heavy atom. The number of allylic oxidation sites excluding steroid dienone is 1. The average molecular weight is 162 g/mol. The van der Waals surface area contributed by atoms with Crippen LogP contribution in [0.1, 0.15) is 5.56 Å². The van der Waals surface area contributed by atoms with Crippen molar-refractivity contribution >= 4 is 0 Å². The fraction of sp³-hybridized carbons (Fsp3) is 0.111. The minimum atomic E-state index is 0.464. The van der Waals surface area contributed by atoms with E-state index in [0.717, 1.165) is 12.0 Å². The first-order valence-electron chi connectivity index (χ1n) is 3.75. The highest BCUT2D eigenvalue weighted by Crippen LogP contribution is 2.20. The molecule has 3 heteroatoms. The molecule has 3 nitrogen and oxygen atoms in total. The van der Waals surface area contributed by atoms with E-state index >= 15 is 0 Å². The van der Waals surface area contributed by atoms with Crippen molar-refractivity contribution in [3.8, 4) is 5.75 Å². The topological polar surface area (TPSA) is 29.3 Å². The molecule has 0 spiro atoms. The fourth-order valence-corrected chi connectivity index (χ4v) is 1.15. The second-order valence-corrected chi connectivity index (χ2v) is 2.57. The molecule has 2 rings (SSSR count). The molecule has 1 heterocycles. The van der Waals surface area contributed by atoms with Gasteiger partial charge in [0.25, 0.3) is 11.1 Å². The second kappa shape index (κ2) is 2.77. The minimum absolute atomic E-state index is 0.464. The molecule has 60 valence electrons. The van der Waals surface area contributed by atoms with Gasteiger partial charge in [-0.25, -0.2) is 0 Å². The number of fused-ring (bicyclic) bond motifs is 1. The third-order valence-corrected chi connectivity index (χ3v) is 1.73. The zero-order valence-electron chi connectivity index (χ0n) is 6.43. The molecule has 0 aliphatic carbocycles. The van der Waals surface area contributed by atoms with Crippen molar-refractivity contribution in [1.82, 2.24) is 0 Å². The SMILES string of the molecule is O=[N+]1C=CCc2ccccc2O1. The molecule has 0 radical (unpaired) electrons. The number of nitrogens with zero attached hydrogens (tertiary/aromatic N) is 1. The van der Waals surface area contributed by atoms with Gasteiger partial charge in [-0.15, -0.1) is 0 Å². The van der Waals surface area contributed by atoms with Gasteiger partial charge in [0.1, 0.15) is 0 Å². The minimum Gasteiger partial charge on any atom is -0.186 e. The third-order valence-electron chi connectivity index (χ3n) is 1.73. The second-order valence-electron chi connectivity index (χ2n) is 2.57. The molecule has 1 aromatic carbocycles. The summed E-state index contributed by atoms with van der Waals surface area (Å²) in [5.41, 5.74) is 1.03. The Hall–Kier alpha value is -1.64. The van der Waals surface area contributed by atoms with Gasteiger partial charge in [0.05, 0.1) is 4.91 Å². The van der Waals surface area contributed by atoms with Crippen molar-refractivity contribution in [2.45, 2.75) is 6.42 Å². The van der Waals surface area contributed by atoms with Gasteiger partial charge in [-0.1, -0.05) is 18.2 Å². The van der Waals surface area contributed by atoms with Gasteiger partial charge in [0, 0.05) is 12.0 Å². The maximum Gasteiger partial charge on any atom is 0.278 e. The number of hydrogen-bond acceptors (Lipinski definition) is 2. The molecule has 1 aliphatic rings. The lowest BCUT2D eigenvalue weighted by molar-refractivity contribution is -0.709. The Morgan fingerprint density at radius 1 is 1.33 bits per heavy atom. The molecular formula is C9H8NO2+. The number of rotatable bonds is 0. The van der Waals surface area contributed by atoms with Crippen LogP contribution in [-0.2, 0) is 6.42 Å². The van der Waals surface area contributed by atoms with Gasteiger partial charge in [-0.2, -0.15) is 4.84 Å². The van der Waals surface area contributed by atoms with Crippen molar-refractivity contribution < 1.29 is 9.76 Å². The van der Waals surface area contributed by atoms with Crippen LogP contribution in [0.5, 0.6) is 5.75 Å². The molecule has 0 fully saturated rings. The van der Waals surface area contributed by atoms with Gasteiger partial charge in [0.15, 0.2) is 0 Å². The van der Waals surface area contributed by atoms with Gasteiger partial charge >= 0.3 is 0 Å². The van der Waals surface area contributed by atoms with E-state index in [2.05, 4.69) is 0 Å². The Kier molecular flexibility index (Phi) is 1.63. The summed E-state index contributed by atoms with van der Waals surface area (Å²) in [6.07, 6.45) is 3.90. The van der Waals surface area contributed by atoms with Crippen molar-refractivity contribution in [1.29, 1.82) is 0 Å². The molecule has 0 atom stereocenters. The summed E-state index contributed by atoms with van der Waals surface area (Å²) in [6, 6.07) is 7.50. The largest absolute Gasteiger partial charge is 0.278 e. The molecular weight excluding hydrogens is 154 g/mol. The molecule has 0 N–H and O–H groups in total. The summed E-state index contributed by atoms with van der Waals surface area (Å²) in [5, 5.41) is 0. The first-order chi connectivity index (χ1) is 5.86. The summed E-state index contributed by atoms with van der Waals surface area (Å²) in [5.74, 6) is 0.637. The summed E-state index contributed by atoms with van der Waals surface area (Å²) >= 11 is 0. The molecule has 0 amide bonds. The Labute approximate surface area is 69.8 Å². The van der Waals surface area contributed by atoms with Crippen LogP contribution in [-0.4, -0.2) is 4.92 Å². The smallest absolute Gasteiger partial charge is 0.186 e. The maximum absolute atomic E-state index is 10.9. The summed E-state index contributed by atoms with van der Waals surface area (Å²) in [4.78, 5) is 16.3. The molecule has 1 aliphatic heterocycles. The molecule has 1 aromatic rings. The highest BCUT2D eigenvalue weighted by atomic mass is 16.8. The van der Waals surface area contributed by atoms with Crippen LogP contribution in [0.2, 0.25) is 0 Å². The monoisotopic (exact) mass is 162 g/mol. The van der Waals surface area contributed by atoms with Crippen LogP contribution in [0.4, 0.5) is 0 Å². The van der Waals surface area contributed by atoms with Gasteiger partial charge in [0.2, 0.25) is 5.75 Å². The highest BCUT2D eigenvalue weighted by Gasteiger charge is 2.14. The fourth-order valence-electron chi connectivity index (χ4n) is 1.15. The van der Waals surface area contributed by atoms with Crippen molar-refractivity contribution in [2.75, 3.05) is 0 Å². The third kappa shape index (κ3) is 1.21. The Balaban J connectivity index is 2.44. The van der Waals surface area contributed by atoms with E-state index in [0.29, 0.717) is 10.7 Å². The maximum atomic E-state index is 10.9. The Bertz CT molecular complexity index is 344. The van der Waals surface area contributed by atoms with Gasteiger partial charge in [-0.3, -0.25) is 0 Å².